The average Bonchev–Trinajstić information content (AvgIpc) is 3.38. The monoisotopic (exact) mass is 375 g/mol. The largest absolute Gasteiger partial charge is 0.451 e. The third-order valence-corrected chi connectivity index (χ3v) is 6.56. The molecule has 138 valence electrons. The van der Waals surface area contributed by atoms with Crippen molar-refractivity contribution in [3.8, 4) is 11.3 Å². The summed E-state index contributed by atoms with van der Waals surface area (Å²) < 4.78 is 31.8. The topological polar surface area (TPSA) is 100 Å². The summed E-state index contributed by atoms with van der Waals surface area (Å²) >= 11 is 0. The number of fused-ring (bicyclic) bond motifs is 2. The van der Waals surface area contributed by atoms with Gasteiger partial charge in [0.25, 0.3) is 5.91 Å². The molecule has 2 aliphatic heterocycles. The zero-order chi connectivity index (χ0) is 18.3. The molecule has 0 radical (unpaired) electrons. The number of amides is 1. The summed E-state index contributed by atoms with van der Waals surface area (Å²) in [6.07, 6.45) is 3.22. The Kier molecular flexibility index (Phi) is 4.34. The second-order valence-corrected chi connectivity index (χ2v) is 8.65. The number of nitrogens with one attached hydrogen (secondary N) is 3. The van der Waals surface area contributed by atoms with Gasteiger partial charge in [0.05, 0.1) is 4.90 Å². The molecule has 26 heavy (non-hydrogen) atoms. The Morgan fingerprint density at radius 3 is 2.77 bits per heavy atom. The van der Waals surface area contributed by atoms with Gasteiger partial charge in [-0.2, -0.15) is 0 Å². The summed E-state index contributed by atoms with van der Waals surface area (Å²) in [5.41, 5.74) is 0.599. The fourth-order valence-corrected chi connectivity index (χ4v) is 4.55. The van der Waals surface area contributed by atoms with Crippen molar-refractivity contribution in [3.63, 3.8) is 0 Å². The van der Waals surface area contributed by atoms with Crippen LogP contribution < -0.4 is 15.4 Å². The van der Waals surface area contributed by atoms with Gasteiger partial charge < -0.3 is 15.1 Å². The standard InChI is InChI=1S/C18H21N3O4S/c1-19-26(23,24)13-4-2-3-11(9-13)16-7-8-17(25-16)18(22)21-15-10-12-5-6-14(15)20-12/h2-4,7-9,12,14-15,19-20H,5-6,10H2,1H3,(H,21,22). The molecule has 3 heterocycles. The van der Waals surface area contributed by atoms with Gasteiger partial charge in [0.15, 0.2) is 5.76 Å². The van der Waals surface area contributed by atoms with Gasteiger partial charge in [-0.3, -0.25) is 4.79 Å². The molecule has 2 aliphatic rings. The molecule has 3 unspecified atom stereocenters. The average molecular weight is 375 g/mol. The van der Waals surface area contributed by atoms with Gasteiger partial charge in [-0.1, -0.05) is 12.1 Å². The van der Waals surface area contributed by atoms with Crippen LogP contribution >= 0.6 is 0 Å². The third kappa shape index (κ3) is 3.15. The Balaban J connectivity index is 1.51. The van der Waals surface area contributed by atoms with Gasteiger partial charge in [-0.15, -0.1) is 0 Å². The summed E-state index contributed by atoms with van der Waals surface area (Å²) in [6, 6.07) is 10.7. The number of furan rings is 1. The lowest BCUT2D eigenvalue weighted by Gasteiger charge is -2.20. The minimum absolute atomic E-state index is 0.138. The van der Waals surface area contributed by atoms with Crippen LogP contribution in [-0.4, -0.2) is 39.5 Å². The van der Waals surface area contributed by atoms with E-state index in [0.29, 0.717) is 23.4 Å². The van der Waals surface area contributed by atoms with Gasteiger partial charge in [-0.25, -0.2) is 13.1 Å². The number of sulfonamides is 1. The lowest BCUT2D eigenvalue weighted by atomic mass is 9.95. The molecule has 1 aromatic carbocycles. The van der Waals surface area contributed by atoms with Crippen LogP contribution in [0.2, 0.25) is 0 Å². The molecule has 3 atom stereocenters. The van der Waals surface area contributed by atoms with Gasteiger partial charge in [0.2, 0.25) is 10.0 Å². The van der Waals surface area contributed by atoms with Crippen LogP contribution in [0.25, 0.3) is 11.3 Å². The van der Waals surface area contributed by atoms with E-state index < -0.39 is 10.0 Å². The Morgan fingerprint density at radius 2 is 2.08 bits per heavy atom. The van der Waals surface area contributed by atoms with E-state index in [-0.39, 0.29) is 22.6 Å². The Bertz CT molecular complexity index is 937. The number of carbonyl (C=O) groups is 1. The summed E-state index contributed by atoms with van der Waals surface area (Å²) in [5, 5.41) is 6.52. The van der Waals surface area contributed by atoms with Crippen molar-refractivity contribution in [1.29, 1.82) is 0 Å². The van der Waals surface area contributed by atoms with Crippen LogP contribution in [0.15, 0.2) is 45.7 Å². The zero-order valence-corrected chi connectivity index (χ0v) is 15.2. The molecule has 0 aliphatic carbocycles. The molecule has 0 spiro atoms. The maximum atomic E-state index is 12.5. The third-order valence-electron chi connectivity index (χ3n) is 5.14. The first-order valence-electron chi connectivity index (χ1n) is 8.67. The number of carbonyl (C=O) groups excluding carboxylic acids is 1. The zero-order valence-electron chi connectivity index (χ0n) is 14.4. The van der Waals surface area contributed by atoms with Crippen LogP contribution in [0.5, 0.6) is 0 Å². The van der Waals surface area contributed by atoms with E-state index in [1.165, 1.54) is 25.6 Å². The number of rotatable bonds is 5. The Labute approximate surface area is 152 Å². The van der Waals surface area contributed by atoms with E-state index in [4.69, 9.17) is 4.42 Å². The highest BCUT2D eigenvalue weighted by molar-refractivity contribution is 7.89. The lowest BCUT2D eigenvalue weighted by Crippen LogP contribution is -2.42. The highest BCUT2D eigenvalue weighted by Gasteiger charge is 2.39. The molecule has 1 aromatic heterocycles. The Morgan fingerprint density at radius 1 is 1.23 bits per heavy atom. The highest BCUT2D eigenvalue weighted by Crippen LogP contribution is 2.29. The first-order chi connectivity index (χ1) is 12.5. The number of hydrogen-bond acceptors (Lipinski definition) is 5. The van der Waals surface area contributed by atoms with Crippen molar-refractivity contribution in [2.45, 2.75) is 42.3 Å². The van der Waals surface area contributed by atoms with E-state index in [9.17, 15) is 13.2 Å². The maximum absolute atomic E-state index is 12.5. The smallest absolute Gasteiger partial charge is 0.287 e. The van der Waals surface area contributed by atoms with Crippen molar-refractivity contribution in [2.75, 3.05) is 7.05 Å². The predicted molar refractivity (Wildman–Crippen MR) is 96.2 cm³/mol. The minimum atomic E-state index is -3.54. The molecule has 8 heteroatoms. The SMILES string of the molecule is CNS(=O)(=O)c1cccc(-c2ccc(C(=O)NC3CC4CCC3N4)o2)c1. The van der Waals surface area contributed by atoms with E-state index in [2.05, 4.69) is 15.4 Å². The molecule has 2 saturated heterocycles. The molecule has 2 bridgehead atoms. The summed E-state index contributed by atoms with van der Waals surface area (Å²) in [4.78, 5) is 12.6. The fourth-order valence-electron chi connectivity index (χ4n) is 3.77. The quantitative estimate of drug-likeness (QED) is 0.735. The first-order valence-corrected chi connectivity index (χ1v) is 10.2. The maximum Gasteiger partial charge on any atom is 0.287 e. The second kappa shape index (κ2) is 6.53. The van der Waals surface area contributed by atoms with Gasteiger partial charge in [0.1, 0.15) is 5.76 Å². The summed E-state index contributed by atoms with van der Waals surface area (Å²) in [5.74, 6) is 0.439. The van der Waals surface area contributed by atoms with Crippen LogP contribution in [-0.2, 0) is 10.0 Å². The van der Waals surface area contributed by atoms with Gasteiger partial charge in [0, 0.05) is 23.7 Å². The normalized spacial score (nSPS) is 24.7. The predicted octanol–water partition coefficient (Wildman–Crippen LogP) is 1.48. The number of hydrogen-bond donors (Lipinski definition) is 3. The van der Waals surface area contributed by atoms with Gasteiger partial charge >= 0.3 is 0 Å². The van der Waals surface area contributed by atoms with E-state index in [0.717, 1.165) is 12.8 Å². The van der Waals surface area contributed by atoms with Crippen LogP contribution in [0.3, 0.4) is 0 Å². The summed E-state index contributed by atoms with van der Waals surface area (Å²) in [6.45, 7) is 0. The van der Waals surface area contributed by atoms with Crippen molar-refractivity contribution >= 4 is 15.9 Å². The van der Waals surface area contributed by atoms with E-state index in [1.54, 1.807) is 24.3 Å². The van der Waals surface area contributed by atoms with Gasteiger partial charge in [-0.05, 0) is 50.6 Å². The molecule has 2 aromatic rings. The number of benzene rings is 1. The first kappa shape index (κ1) is 17.3. The molecule has 0 saturated carbocycles. The van der Waals surface area contributed by atoms with Crippen molar-refractivity contribution in [2.24, 2.45) is 0 Å². The molecular weight excluding hydrogens is 354 g/mol. The minimum Gasteiger partial charge on any atom is -0.451 e. The molecular formula is C18H21N3O4S. The second-order valence-electron chi connectivity index (χ2n) is 6.76. The van der Waals surface area contributed by atoms with Crippen LogP contribution in [0, 0.1) is 0 Å². The highest BCUT2D eigenvalue weighted by atomic mass is 32.2. The van der Waals surface area contributed by atoms with Crippen molar-refractivity contribution < 1.29 is 17.6 Å². The Hall–Kier alpha value is -2.16. The molecule has 2 fully saturated rings. The van der Waals surface area contributed by atoms with Crippen LogP contribution in [0.1, 0.15) is 29.8 Å². The van der Waals surface area contributed by atoms with Crippen LogP contribution in [0.4, 0.5) is 0 Å². The lowest BCUT2D eigenvalue weighted by molar-refractivity contribution is 0.0903. The molecule has 4 rings (SSSR count). The van der Waals surface area contributed by atoms with E-state index >= 15 is 0 Å². The fraction of sp³-hybridized carbons (Fsp3) is 0.389. The van der Waals surface area contributed by atoms with E-state index in [1.807, 2.05) is 0 Å². The van der Waals surface area contributed by atoms with Crippen molar-refractivity contribution in [1.82, 2.24) is 15.4 Å². The molecule has 7 nitrogen and oxygen atoms in total. The molecule has 1 amide bonds. The molecule has 3 N–H and O–H groups in total. The summed E-state index contributed by atoms with van der Waals surface area (Å²) in [7, 11) is -2.17. The van der Waals surface area contributed by atoms with Crippen molar-refractivity contribution in [3.05, 3.63) is 42.2 Å².